The van der Waals surface area contributed by atoms with Crippen molar-refractivity contribution in [3.8, 4) is 44.5 Å². The Kier molecular flexibility index (Phi) is 12.8. The lowest BCUT2D eigenvalue weighted by Gasteiger charge is -2.28. The lowest BCUT2D eigenvalue weighted by molar-refractivity contribution is 0.321. The van der Waals surface area contributed by atoms with Crippen molar-refractivity contribution >= 4 is 44.9 Å². The summed E-state index contributed by atoms with van der Waals surface area (Å²) in [5.41, 5.74) is 19.0. The summed E-state index contributed by atoms with van der Waals surface area (Å²) < 4.78 is 0. The molecule has 0 heterocycles. The first-order chi connectivity index (χ1) is 34.5. The number of benzene rings is 10. The first-order valence-corrected chi connectivity index (χ1v) is 24.9. The zero-order chi connectivity index (χ0) is 47.2. The molecule has 0 N–H and O–H groups in total. The number of hydrogen-bond donors (Lipinski definition) is 0. The lowest BCUT2D eigenvalue weighted by atomic mass is 9.77. The second-order valence-electron chi connectivity index (χ2n) is 19.2. The molecular weight excluding hydrogens is 845 g/mol. The largest absolute Gasteiger partial charge is 0.310 e. The van der Waals surface area contributed by atoms with Crippen molar-refractivity contribution < 1.29 is 0 Å². The van der Waals surface area contributed by atoms with Gasteiger partial charge in [-0.05, 0) is 178 Å². The molecular formula is C68H58N2. The molecule has 0 saturated heterocycles. The van der Waals surface area contributed by atoms with Crippen molar-refractivity contribution in [3.63, 3.8) is 0 Å². The molecule has 10 aromatic carbocycles. The second kappa shape index (κ2) is 20.2. The fraction of sp³-hybridized carbons (Fsp3) is 0.118. The Morgan fingerprint density at radius 3 is 1.31 bits per heavy atom. The molecule has 0 amide bonds. The Balaban J connectivity index is 0.915. The van der Waals surface area contributed by atoms with Gasteiger partial charge in [-0.1, -0.05) is 195 Å². The summed E-state index contributed by atoms with van der Waals surface area (Å²) in [6.45, 7) is 6.73. The molecule has 0 radical (unpaired) electrons. The fourth-order valence-electron chi connectivity index (χ4n) is 10.8. The normalized spacial score (nSPS) is 14.6. The van der Waals surface area contributed by atoms with Gasteiger partial charge in [0.1, 0.15) is 0 Å². The van der Waals surface area contributed by atoms with E-state index in [0.717, 1.165) is 57.9 Å². The summed E-state index contributed by atoms with van der Waals surface area (Å²) in [6, 6.07) is 90.7. The van der Waals surface area contributed by atoms with Gasteiger partial charge in [-0.25, -0.2) is 0 Å². The van der Waals surface area contributed by atoms with Crippen LogP contribution in [0.4, 0.5) is 34.1 Å². The van der Waals surface area contributed by atoms with E-state index in [1.807, 2.05) is 0 Å². The van der Waals surface area contributed by atoms with E-state index in [-0.39, 0.29) is 0 Å². The van der Waals surface area contributed by atoms with Gasteiger partial charge >= 0.3 is 0 Å². The molecule has 11 rings (SSSR count). The van der Waals surface area contributed by atoms with Crippen LogP contribution < -0.4 is 9.80 Å². The Morgan fingerprint density at radius 2 is 0.786 bits per heavy atom. The van der Waals surface area contributed by atoms with E-state index in [0.29, 0.717) is 0 Å². The summed E-state index contributed by atoms with van der Waals surface area (Å²) in [4.78, 5) is 4.77. The molecule has 2 heteroatoms. The molecule has 0 aliphatic heterocycles. The van der Waals surface area contributed by atoms with E-state index in [9.17, 15) is 0 Å². The highest BCUT2D eigenvalue weighted by atomic mass is 15.1. The van der Waals surface area contributed by atoms with E-state index < -0.39 is 0 Å². The summed E-state index contributed by atoms with van der Waals surface area (Å²) in [5.74, 6) is 1.49. The van der Waals surface area contributed by atoms with E-state index in [1.54, 1.807) is 0 Å². The molecule has 1 aliphatic rings. The molecule has 1 fully saturated rings. The van der Waals surface area contributed by atoms with Gasteiger partial charge in [0, 0.05) is 34.1 Å². The van der Waals surface area contributed by atoms with Crippen LogP contribution >= 0.6 is 0 Å². The Labute approximate surface area is 414 Å². The molecule has 0 spiro atoms. The highest BCUT2D eigenvalue weighted by Crippen LogP contribution is 2.43. The maximum atomic E-state index is 4.35. The predicted molar refractivity (Wildman–Crippen MR) is 299 cm³/mol. The van der Waals surface area contributed by atoms with Crippen LogP contribution in [0.15, 0.2) is 261 Å². The zero-order valence-electron chi connectivity index (χ0n) is 40.0. The minimum Gasteiger partial charge on any atom is -0.310 e. The van der Waals surface area contributed by atoms with Crippen LogP contribution in [-0.4, -0.2) is 0 Å². The Morgan fingerprint density at radius 1 is 0.371 bits per heavy atom. The third-order valence-electron chi connectivity index (χ3n) is 14.2. The molecule has 10 aromatic rings. The third-order valence-corrected chi connectivity index (χ3v) is 14.2. The van der Waals surface area contributed by atoms with E-state index in [2.05, 4.69) is 272 Å². The van der Waals surface area contributed by atoms with Gasteiger partial charge in [-0.2, -0.15) is 0 Å². The van der Waals surface area contributed by atoms with Gasteiger partial charge < -0.3 is 9.80 Å². The smallest absolute Gasteiger partial charge is 0.0468 e. The van der Waals surface area contributed by atoms with Crippen LogP contribution in [0.5, 0.6) is 0 Å². The molecule has 0 aromatic heterocycles. The summed E-state index contributed by atoms with van der Waals surface area (Å²) in [5, 5.41) is 2.47. The topological polar surface area (TPSA) is 6.48 Å². The molecule has 2 unspecified atom stereocenters. The Bertz CT molecular complexity index is 3340. The van der Waals surface area contributed by atoms with Crippen LogP contribution in [-0.2, 0) is 6.42 Å². The second-order valence-corrected chi connectivity index (χ2v) is 19.2. The SMILES string of the molecule is C=C1CC(C)CC(CCc2ccc(N(c3ccc(-c4ccc(N(c5ccc(-c6ccccc6)cc5)c5ccc(-c6ccccc6)c(-c6ccccc6)c5)cc4)cc3)c3ccc4ccccc4c3)cc2)C1. The molecule has 1 aliphatic carbocycles. The van der Waals surface area contributed by atoms with Gasteiger partial charge in [-0.15, -0.1) is 0 Å². The number of fused-ring (bicyclic) bond motifs is 1. The minimum atomic E-state index is 0.738. The predicted octanol–water partition coefficient (Wildman–Crippen LogP) is 19.4. The molecule has 1 saturated carbocycles. The maximum Gasteiger partial charge on any atom is 0.0468 e. The van der Waals surface area contributed by atoms with Crippen LogP contribution in [0.1, 0.15) is 38.2 Å². The first kappa shape index (κ1) is 44.3. The van der Waals surface area contributed by atoms with Gasteiger partial charge in [-0.3, -0.25) is 0 Å². The van der Waals surface area contributed by atoms with Crippen molar-refractivity contribution in [2.24, 2.45) is 11.8 Å². The lowest BCUT2D eigenvalue weighted by Crippen LogP contribution is -2.15. The number of allylic oxidation sites excluding steroid dienone is 1. The number of aryl methyl sites for hydroxylation is 1. The fourth-order valence-corrected chi connectivity index (χ4v) is 10.8. The average molecular weight is 903 g/mol. The summed E-state index contributed by atoms with van der Waals surface area (Å²) in [6.07, 6.45) is 6.00. The van der Waals surface area contributed by atoms with E-state index in [1.165, 1.54) is 86.5 Å². The van der Waals surface area contributed by atoms with Crippen LogP contribution in [0, 0.1) is 11.8 Å². The van der Waals surface area contributed by atoms with E-state index in [4.69, 9.17) is 0 Å². The van der Waals surface area contributed by atoms with Crippen molar-refractivity contribution in [3.05, 3.63) is 266 Å². The first-order valence-electron chi connectivity index (χ1n) is 24.9. The number of anilines is 6. The monoisotopic (exact) mass is 902 g/mol. The average Bonchev–Trinajstić information content (AvgIpc) is 3.42. The maximum absolute atomic E-state index is 4.35. The van der Waals surface area contributed by atoms with Crippen molar-refractivity contribution in [1.29, 1.82) is 0 Å². The quantitative estimate of drug-likeness (QED) is 0.106. The highest BCUT2D eigenvalue weighted by molar-refractivity contribution is 5.91. The number of nitrogens with zero attached hydrogens (tertiary/aromatic N) is 2. The standard InChI is InChI=1S/C68H58N2/c1-49-44-50(2)46-52(45-49)23-22-51-24-33-61(34-25-51)69(65-41-32-54-16-12-13-21-60(54)47-65)62-37-28-56(29-38-62)57-30-39-64(40-31-57)70(63-35-26-55(27-36-63)53-14-6-3-7-15-53)66-42-43-67(58-17-8-4-9-18-58)68(48-66)59-19-10-5-11-20-59/h3-21,24-43,47-48,50,52H,1,22-23,44-46H2,2H3. The van der Waals surface area contributed by atoms with Gasteiger partial charge in [0.25, 0.3) is 0 Å². The van der Waals surface area contributed by atoms with Crippen LogP contribution in [0.2, 0.25) is 0 Å². The van der Waals surface area contributed by atoms with Crippen LogP contribution in [0.3, 0.4) is 0 Å². The molecule has 0 bridgehead atoms. The van der Waals surface area contributed by atoms with Gasteiger partial charge in [0.15, 0.2) is 0 Å². The Hall–Kier alpha value is -8.20. The number of hydrogen-bond acceptors (Lipinski definition) is 2. The minimum absolute atomic E-state index is 0.738. The van der Waals surface area contributed by atoms with Crippen molar-refractivity contribution in [2.45, 2.75) is 39.0 Å². The highest BCUT2D eigenvalue weighted by Gasteiger charge is 2.22. The third kappa shape index (κ3) is 9.73. The molecule has 2 atom stereocenters. The van der Waals surface area contributed by atoms with Gasteiger partial charge in [0.2, 0.25) is 0 Å². The van der Waals surface area contributed by atoms with Crippen LogP contribution in [0.25, 0.3) is 55.3 Å². The summed E-state index contributed by atoms with van der Waals surface area (Å²) >= 11 is 0. The van der Waals surface area contributed by atoms with Crippen molar-refractivity contribution in [1.82, 2.24) is 0 Å². The number of rotatable bonds is 13. The van der Waals surface area contributed by atoms with E-state index >= 15 is 0 Å². The summed E-state index contributed by atoms with van der Waals surface area (Å²) in [7, 11) is 0. The molecule has 70 heavy (non-hydrogen) atoms. The zero-order valence-corrected chi connectivity index (χ0v) is 40.0. The molecule has 340 valence electrons. The molecule has 2 nitrogen and oxygen atoms in total. The van der Waals surface area contributed by atoms with Gasteiger partial charge in [0.05, 0.1) is 0 Å². The van der Waals surface area contributed by atoms with Crippen molar-refractivity contribution in [2.75, 3.05) is 9.80 Å².